The van der Waals surface area contributed by atoms with E-state index in [2.05, 4.69) is 15.0 Å². The number of fused-ring (bicyclic) bond motifs is 1. The smallest absolute Gasteiger partial charge is 0.319 e. The monoisotopic (exact) mass is 212 g/mol. The summed E-state index contributed by atoms with van der Waals surface area (Å²) in [7, 11) is 1.39. The first kappa shape index (κ1) is 10.4. The maximum atomic E-state index is 11.5. The molecule has 1 amide bonds. The fourth-order valence-electron chi connectivity index (χ4n) is 2.47. The first-order valence-corrected chi connectivity index (χ1v) is 5.31. The van der Waals surface area contributed by atoms with Crippen LogP contribution in [0.2, 0.25) is 0 Å². The van der Waals surface area contributed by atoms with Crippen molar-refractivity contribution in [2.45, 2.75) is 18.9 Å². The zero-order chi connectivity index (χ0) is 10.8. The predicted octanol–water partition coefficient (Wildman–Crippen LogP) is -0.630. The molecule has 0 aliphatic carbocycles. The molecule has 0 radical (unpaired) electrons. The van der Waals surface area contributed by atoms with Crippen LogP contribution in [0.5, 0.6) is 0 Å². The van der Waals surface area contributed by atoms with Crippen molar-refractivity contribution in [2.24, 2.45) is 5.92 Å². The lowest BCUT2D eigenvalue weighted by Crippen LogP contribution is -2.47. The number of methoxy groups -OCH3 is 1. The standard InChI is InChI=1S/C10H16N2O3/c1-15-9(13)6-12-4-2-3-7-8(12)5-11-10(7)14/h7-8H,2-6H2,1H3,(H,11,14). The van der Waals surface area contributed by atoms with Gasteiger partial charge < -0.3 is 10.1 Å². The SMILES string of the molecule is COC(=O)CN1CCCC2C(=O)NCC21. The second kappa shape index (κ2) is 4.18. The minimum Gasteiger partial charge on any atom is -0.468 e. The Morgan fingerprint density at radius 3 is 3.20 bits per heavy atom. The van der Waals surface area contributed by atoms with Gasteiger partial charge >= 0.3 is 5.97 Å². The van der Waals surface area contributed by atoms with Gasteiger partial charge in [-0.25, -0.2) is 0 Å². The molecular formula is C10H16N2O3. The Balaban J connectivity index is 2.00. The molecule has 2 rings (SSSR count). The van der Waals surface area contributed by atoms with Crippen LogP contribution in [0.3, 0.4) is 0 Å². The number of carbonyl (C=O) groups is 2. The fraction of sp³-hybridized carbons (Fsp3) is 0.800. The molecule has 84 valence electrons. The van der Waals surface area contributed by atoms with E-state index in [0.717, 1.165) is 19.4 Å². The molecule has 0 aromatic rings. The molecule has 0 saturated carbocycles. The van der Waals surface area contributed by atoms with Crippen molar-refractivity contribution in [3.8, 4) is 0 Å². The van der Waals surface area contributed by atoms with E-state index >= 15 is 0 Å². The number of hydrogen-bond donors (Lipinski definition) is 1. The molecule has 2 saturated heterocycles. The molecule has 0 aromatic carbocycles. The van der Waals surface area contributed by atoms with Crippen LogP contribution in [-0.4, -0.2) is 49.6 Å². The van der Waals surface area contributed by atoms with Gasteiger partial charge in [0, 0.05) is 12.6 Å². The summed E-state index contributed by atoms with van der Waals surface area (Å²) < 4.78 is 4.64. The summed E-state index contributed by atoms with van der Waals surface area (Å²) in [5, 5.41) is 2.85. The minimum atomic E-state index is -0.227. The summed E-state index contributed by atoms with van der Waals surface area (Å²) in [6, 6.07) is 0.186. The lowest BCUT2D eigenvalue weighted by Gasteiger charge is -2.34. The molecule has 15 heavy (non-hydrogen) atoms. The highest BCUT2D eigenvalue weighted by Crippen LogP contribution is 2.26. The first-order chi connectivity index (χ1) is 7.22. The van der Waals surface area contributed by atoms with Gasteiger partial charge in [-0.1, -0.05) is 0 Å². The molecule has 5 nitrogen and oxygen atoms in total. The van der Waals surface area contributed by atoms with Crippen molar-refractivity contribution in [3.05, 3.63) is 0 Å². The zero-order valence-electron chi connectivity index (χ0n) is 8.86. The van der Waals surface area contributed by atoms with Crippen molar-refractivity contribution >= 4 is 11.9 Å². The number of piperidine rings is 1. The maximum absolute atomic E-state index is 11.5. The molecule has 0 bridgehead atoms. The lowest BCUT2D eigenvalue weighted by atomic mass is 9.91. The zero-order valence-corrected chi connectivity index (χ0v) is 8.86. The fourth-order valence-corrected chi connectivity index (χ4v) is 2.47. The molecule has 2 fully saturated rings. The highest BCUT2D eigenvalue weighted by molar-refractivity contribution is 5.82. The van der Waals surface area contributed by atoms with E-state index in [1.165, 1.54) is 7.11 Å². The maximum Gasteiger partial charge on any atom is 0.319 e. The molecule has 2 aliphatic heterocycles. The molecule has 0 aromatic heterocycles. The number of carbonyl (C=O) groups excluding carboxylic acids is 2. The summed E-state index contributed by atoms with van der Waals surface area (Å²) in [5.74, 6) is -0.0204. The van der Waals surface area contributed by atoms with Crippen molar-refractivity contribution in [2.75, 3.05) is 26.7 Å². The summed E-state index contributed by atoms with van der Waals surface area (Å²) >= 11 is 0. The van der Waals surface area contributed by atoms with Gasteiger partial charge in [-0.15, -0.1) is 0 Å². The van der Waals surface area contributed by atoms with Crippen LogP contribution >= 0.6 is 0 Å². The van der Waals surface area contributed by atoms with Crippen molar-refractivity contribution in [1.82, 2.24) is 10.2 Å². The number of nitrogens with one attached hydrogen (secondary N) is 1. The lowest BCUT2D eigenvalue weighted by molar-refractivity contribution is -0.143. The van der Waals surface area contributed by atoms with E-state index in [1.54, 1.807) is 0 Å². The van der Waals surface area contributed by atoms with Gasteiger partial charge in [0.2, 0.25) is 5.91 Å². The van der Waals surface area contributed by atoms with E-state index in [9.17, 15) is 9.59 Å². The highest BCUT2D eigenvalue weighted by atomic mass is 16.5. The average Bonchev–Trinajstić information content (AvgIpc) is 2.62. The number of ether oxygens (including phenoxy) is 1. The number of nitrogens with zero attached hydrogens (tertiary/aromatic N) is 1. The van der Waals surface area contributed by atoms with Gasteiger partial charge in [-0.3, -0.25) is 14.5 Å². The molecule has 1 N–H and O–H groups in total. The van der Waals surface area contributed by atoms with E-state index in [0.29, 0.717) is 13.1 Å². The van der Waals surface area contributed by atoms with E-state index in [4.69, 9.17) is 0 Å². The van der Waals surface area contributed by atoms with Gasteiger partial charge in [0.1, 0.15) is 0 Å². The Kier molecular flexibility index (Phi) is 2.90. The summed E-state index contributed by atoms with van der Waals surface area (Å²) in [5.41, 5.74) is 0. The van der Waals surface area contributed by atoms with Crippen LogP contribution < -0.4 is 5.32 Å². The number of esters is 1. The molecule has 2 unspecified atom stereocenters. The van der Waals surface area contributed by atoms with E-state index in [-0.39, 0.29) is 23.8 Å². The van der Waals surface area contributed by atoms with Crippen LogP contribution in [0.15, 0.2) is 0 Å². The Bertz CT molecular complexity index is 280. The van der Waals surface area contributed by atoms with E-state index in [1.807, 2.05) is 0 Å². The Labute approximate surface area is 88.8 Å². The normalized spacial score (nSPS) is 30.9. The molecular weight excluding hydrogens is 196 g/mol. The topological polar surface area (TPSA) is 58.6 Å². The number of rotatable bonds is 2. The van der Waals surface area contributed by atoms with Gasteiger partial charge in [0.05, 0.1) is 19.6 Å². The van der Waals surface area contributed by atoms with E-state index < -0.39 is 0 Å². The molecule has 2 heterocycles. The summed E-state index contributed by atoms with van der Waals surface area (Å²) in [4.78, 5) is 24.7. The van der Waals surface area contributed by atoms with Crippen molar-refractivity contribution < 1.29 is 14.3 Å². The largest absolute Gasteiger partial charge is 0.468 e. The van der Waals surface area contributed by atoms with Crippen molar-refractivity contribution in [1.29, 1.82) is 0 Å². The first-order valence-electron chi connectivity index (χ1n) is 5.31. The third kappa shape index (κ3) is 1.97. The van der Waals surface area contributed by atoms with Crippen LogP contribution in [0, 0.1) is 5.92 Å². The van der Waals surface area contributed by atoms with Gasteiger partial charge in [-0.2, -0.15) is 0 Å². The van der Waals surface area contributed by atoms with Gasteiger partial charge in [0.25, 0.3) is 0 Å². The number of amides is 1. The molecule has 0 spiro atoms. The molecule has 2 atom stereocenters. The quantitative estimate of drug-likeness (QED) is 0.619. The number of likely N-dealkylation sites (tertiary alicyclic amines) is 1. The second-order valence-electron chi connectivity index (χ2n) is 4.11. The molecule has 2 aliphatic rings. The second-order valence-corrected chi connectivity index (χ2v) is 4.11. The predicted molar refractivity (Wildman–Crippen MR) is 53.1 cm³/mol. The van der Waals surface area contributed by atoms with Gasteiger partial charge in [0.15, 0.2) is 0 Å². The Morgan fingerprint density at radius 2 is 2.47 bits per heavy atom. The molecule has 5 heteroatoms. The summed E-state index contributed by atoms with van der Waals surface area (Å²) in [6.45, 7) is 1.85. The average molecular weight is 212 g/mol. The van der Waals surface area contributed by atoms with Crippen molar-refractivity contribution in [3.63, 3.8) is 0 Å². The Morgan fingerprint density at radius 1 is 1.67 bits per heavy atom. The third-order valence-electron chi connectivity index (χ3n) is 3.28. The van der Waals surface area contributed by atoms with Crippen LogP contribution in [0.4, 0.5) is 0 Å². The van der Waals surface area contributed by atoms with Crippen LogP contribution in [0.25, 0.3) is 0 Å². The Hall–Kier alpha value is -1.10. The number of hydrogen-bond acceptors (Lipinski definition) is 4. The summed E-state index contributed by atoms with van der Waals surface area (Å²) in [6.07, 6.45) is 1.92. The third-order valence-corrected chi connectivity index (χ3v) is 3.28. The van der Waals surface area contributed by atoms with Gasteiger partial charge in [-0.05, 0) is 19.4 Å². The van der Waals surface area contributed by atoms with Crippen LogP contribution in [0.1, 0.15) is 12.8 Å². The van der Waals surface area contributed by atoms with Crippen LogP contribution in [-0.2, 0) is 14.3 Å². The highest BCUT2D eigenvalue weighted by Gasteiger charge is 2.41. The minimum absolute atomic E-state index is 0.0726.